The fourth-order valence-electron chi connectivity index (χ4n) is 1.45. The van der Waals surface area contributed by atoms with Crippen LogP contribution in [0, 0.1) is 10.1 Å². The molecular weight excluding hydrogens is 250 g/mol. The van der Waals surface area contributed by atoms with Crippen LogP contribution in [0.5, 0.6) is 5.88 Å². The molecular formula is C12H9N3O4. The normalized spacial score (nSPS) is 10.7. The van der Waals surface area contributed by atoms with Crippen LogP contribution < -0.4 is 5.56 Å². The Morgan fingerprint density at radius 1 is 1.26 bits per heavy atom. The van der Waals surface area contributed by atoms with Crippen molar-refractivity contribution >= 4 is 17.8 Å². The number of H-pyrrole nitrogens is 1. The van der Waals surface area contributed by atoms with Crippen molar-refractivity contribution in [3.8, 4) is 5.88 Å². The second-order valence-corrected chi connectivity index (χ2v) is 3.62. The minimum Gasteiger partial charge on any atom is -0.488 e. The summed E-state index contributed by atoms with van der Waals surface area (Å²) in [5, 5.41) is 19.8. The number of aromatic amines is 1. The average molecular weight is 259 g/mol. The molecule has 0 aliphatic rings. The van der Waals surface area contributed by atoms with Crippen molar-refractivity contribution in [3.63, 3.8) is 0 Å². The molecule has 0 radical (unpaired) electrons. The van der Waals surface area contributed by atoms with E-state index in [0.29, 0.717) is 0 Å². The van der Waals surface area contributed by atoms with E-state index in [1.54, 1.807) is 6.08 Å². The Morgan fingerprint density at radius 3 is 2.53 bits per heavy atom. The SMILES string of the molecule is O=c1[nH]c(/C=C\c2ccccc2)nc(O)c1[N+](=O)[O-]. The molecule has 2 rings (SSSR count). The molecule has 0 amide bonds. The first-order valence-corrected chi connectivity index (χ1v) is 5.29. The minimum absolute atomic E-state index is 0.0388. The molecule has 19 heavy (non-hydrogen) atoms. The number of hydrogen-bond donors (Lipinski definition) is 2. The Labute approximate surface area is 107 Å². The van der Waals surface area contributed by atoms with Crippen LogP contribution in [0.1, 0.15) is 11.4 Å². The summed E-state index contributed by atoms with van der Waals surface area (Å²) in [5.74, 6) is -0.863. The molecule has 0 aliphatic carbocycles. The van der Waals surface area contributed by atoms with E-state index in [1.807, 2.05) is 30.3 Å². The van der Waals surface area contributed by atoms with Crippen LogP contribution >= 0.6 is 0 Å². The van der Waals surface area contributed by atoms with Crippen LogP contribution in [-0.4, -0.2) is 20.0 Å². The van der Waals surface area contributed by atoms with E-state index in [9.17, 15) is 20.0 Å². The van der Waals surface area contributed by atoms with Gasteiger partial charge in [-0.3, -0.25) is 14.9 Å². The van der Waals surface area contributed by atoms with Crippen molar-refractivity contribution in [1.29, 1.82) is 0 Å². The van der Waals surface area contributed by atoms with Gasteiger partial charge in [0.1, 0.15) is 5.82 Å². The van der Waals surface area contributed by atoms with E-state index in [1.165, 1.54) is 6.08 Å². The van der Waals surface area contributed by atoms with Crippen LogP contribution in [0.15, 0.2) is 35.1 Å². The molecule has 0 bridgehead atoms. The Morgan fingerprint density at radius 2 is 1.95 bits per heavy atom. The van der Waals surface area contributed by atoms with E-state index < -0.39 is 22.0 Å². The lowest BCUT2D eigenvalue weighted by Gasteiger charge is -1.97. The van der Waals surface area contributed by atoms with E-state index in [0.717, 1.165) is 5.56 Å². The first kappa shape index (κ1) is 12.5. The maximum Gasteiger partial charge on any atom is 0.395 e. The highest BCUT2D eigenvalue weighted by Crippen LogP contribution is 2.17. The Kier molecular flexibility index (Phi) is 3.37. The monoisotopic (exact) mass is 259 g/mol. The number of rotatable bonds is 3. The molecule has 1 heterocycles. The number of aromatic hydroxyl groups is 1. The number of nitrogens with one attached hydrogen (secondary N) is 1. The van der Waals surface area contributed by atoms with Gasteiger partial charge >= 0.3 is 11.2 Å². The molecule has 0 saturated carbocycles. The van der Waals surface area contributed by atoms with Gasteiger partial charge in [0.2, 0.25) is 0 Å². The highest BCUT2D eigenvalue weighted by molar-refractivity contribution is 5.66. The lowest BCUT2D eigenvalue weighted by molar-refractivity contribution is -0.387. The number of benzene rings is 1. The highest BCUT2D eigenvalue weighted by atomic mass is 16.6. The third-order valence-electron chi connectivity index (χ3n) is 2.31. The Bertz CT molecular complexity index is 692. The minimum atomic E-state index is -0.995. The third kappa shape index (κ3) is 2.83. The molecule has 0 fully saturated rings. The van der Waals surface area contributed by atoms with Gasteiger partial charge in [0.25, 0.3) is 5.88 Å². The summed E-state index contributed by atoms with van der Waals surface area (Å²) in [4.78, 5) is 26.7. The van der Waals surface area contributed by atoms with Crippen LogP contribution in [-0.2, 0) is 0 Å². The molecule has 0 spiro atoms. The standard InChI is InChI=1S/C12H9N3O4/c16-11-10(15(18)19)12(17)14-9(13-11)7-6-8-4-2-1-3-5-8/h1-7H,(H2,13,14,16,17)/b7-6-. The van der Waals surface area contributed by atoms with E-state index >= 15 is 0 Å². The van der Waals surface area contributed by atoms with Crippen LogP contribution in [0.3, 0.4) is 0 Å². The molecule has 0 saturated heterocycles. The van der Waals surface area contributed by atoms with Gasteiger partial charge in [-0.15, -0.1) is 0 Å². The first-order valence-electron chi connectivity index (χ1n) is 5.29. The second-order valence-electron chi connectivity index (χ2n) is 3.62. The predicted molar refractivity (Wildman–Crippen MR) is 68.5 cm³/mol. The lowest BCUT2D eigenvalue weighted by atomic mass is 10.2. The van der Waals surface area contributed by atoms with Crippen molar-refractivity contribution in [1.82, 2.24) is 9.97 Å². The fraction of sp³-hybridized carbons (Fsp3) is 0. The maximum atomic E-state index is 11.4. The topological polar surface area (TPSA) is 109 Å². The van der Waals surface area contributed by atoms with Gasteiger partial charge in [-0.1, -0.05) is 36.4 Å². The number of nitro groups is 1. The molecule has 1 aromatic carbocycles. The van der Waals surface area contributed by atoms with Gasteiger partial charge in [-0.25, -0.2) is 0 Å². The van der Waals surface area contributed by atoms with Gasteiger partial charge in [0.05, 0.1) is 4.92 Å². The van der Waals surface area contributed by atoms with Crippen molar-refractivity contribution in [2.45, 2.75) is 0 Å². The summed E-state index contributed by atoms with van der Waals surface area (Å²) < 4.78 is 0. The summed E-state index contributed by atoms with van der Waals surface area (Å²) in [6.07, 6.45) is 3.10. The van der Waals surface area contributed by atoms with Gasteiger partial charge < -0.3 is 10.1 Å². The summed E-state index contributed by atoms with van der Waals surface area (Å²) in [5.41, 5.74) is -1.09. The zero-order valence-corrected chi connectivity index (χ0v) is 9.61. The molecule has 7 nitrogen and oxygen atoms in total. The van der Waals surface area contributed by atoms with Crippen LogP contribution in [0.25, 0.3) is 12.2 Å². The van der Waals surface area contributed by atoms with E-state index in [4.69, 9.17) is 0 Å². The van der Waals surface area contributed by atoms with Crippen LogP contribution in [0.2, 0.25) is 0 Å². The van der Waals surface area contributed by atoms with Crippen molar-refractivity contribution < 1.29 is 10.0 Å². The Hall–Kier alpha value is -2.96. The fourth-order valence-corrected chi connectivity index (χ4v) is 1.45. The van der Waals surface area contributed by atoms with Crippen molar-refractivity contribution in [3.05, 3.63) is 62.2 Å². The number of aromatic nitrogens is 2. The molecule has 96 valence electrons. The zero-order chi connectivity index (χ0) is 13.8. The zero-order valence-electron chi connectivity index (χ0n) is 9.61. The number of nitrogens with zero attached hydrogens (tertiary/aromatic N) is 2. The Balaban J connectivity index is 2.36. The van der Waals surface area contributed by atoms with Crippen LogP contribution in [0.4, 0.5) is 5.69 Å². The lowest BCUT2D eigenvalue weighted by Crippen LogP contribution is -2.14. The predicted octanol–water partition coefficient (Wildman–Crippen LogP) is 1.55. The van der Waals surface area contributed by atoms with Gasteiger partial charge in [0, 0.05) is 0 Å². The molecule has 0 aliphatic heterocycles. The van der Waals surface area contributed by atoms with Gasteiger partial charge in [-0.2, -0.15) is 4.98 Å². The van der Waals surface area contributed by atoms with Gasteiger partial charge in [0.15, 0.2) is 0 Å². The second kappa shape index (κ2) is 5.13. The largest absolute Gasteiger partial charge is 0.488 e. The molecule has 0 unspecified atom stereocenters. The van der Waals surface area contributed by atoms with E-state index in [2.05, 4.69) is 9.97 Å². The summed E-state index contributed by atoms with van der Waals surface area (Å²) in [6.45, 7) is 0. The summed E-state index contributed by atoms with van der Waals surface area (Å²) in [6, 6.07) is 9.20. The molecule has 0 atom stereocenters. The van der Waals surface area contributed by atoms with Crippen molar-refractivity contribution in [2.24, 2.45) is 0 Å². The summed E-state index contributed by atoms with van der Waals surface area (Å²) >= 11 is 0. The number of hydrogen-bond acceptors (Lipinski definition) is 5. The summed E-state index contributed by atoms with van der Waals surface area (Å²) in [7, 11) is 0. The third-order valence-corrected chi connectivity index (χ3v) is 2.31. The highest BCUT2D eigenvalue weighted by Gasteiger charge is 2.21. The molecule has 1 aromatic heterocycles. The molecule has 2 aromatic rings. The average Bonchev–Trinajstić information content (AvgIpc) is 2.36. The van der Waals surface area contributed by atoms with Gasteiger partial charge in [-0.05, 0) is 11.6 Å². The van der Waals surface area contributed by atoms with Crippen molar-refractivity contribution in [2.75, 3.05) is 0 Å². The first-order chi connectivity index (χ1) is 9.08. The quantitative estimate of drug-likeness (QED) is 0.642. The maximum absolute atomic E-state index is 11.4. The van der Waals surface area contributed by atoms with E-state index in [-0.39, 0.29) is 5.82 Å². The molecule has 7 heteroatoms. The molecule has 2 N–H and O–H groups in total. The smallest absolute Gasteiger partial charge is 0.395 e.